The molecule has 3 N–H and O–H groups in total. The number of carbonyl (C=O) groups is 2. The Balaban J connectivity index is 1.66. The molecule has 2 aliphatic heterocycles. The summed E-state index contributed by atoms with van der Waals surface area (Å²) in [5.41, 5.74) is 2.51. The predicted octanol–water partition coefficient (Wildman–Crippen LogP) is 2.05. The van der Waals surface area contributed by atoms with E-state index in [1.165, 1.54) is 0 Å². The smallest absolute Gasteiger partial charge is 0.258 e. The molecule has 1 aromatic carbocycles. The zero-order valence-corrected chi connectivity index (χ0v) is 16.0. The molecule has 3 heterocycles. The van der Waals surface area contributed by atoms with Gasteiger partial charge in [-0.05, 0) is 38.3 Å². The number of nitrogens with one attached hydrogen (secondary N) is 3. The number of nitrogens with zero attached hydrogens (tertiary/aromatic N) is 2. The average Bonchev–Trinajstić information content (AvgIpc) is 3.17. The van der Waals surface area contributed by atoms with Gasteiger partial charge in [-0.2, -0.15) is 4.98 Å². The number of amides is 2. The topological polar surface area (TPSA) is 107 Å². The van der Waals surface area contributed by atoms with Crippen molar-refractivity contribution < 1.29 is 9.59 Å². The average molecular weight is 381 g/mol. The minimum atomic E-state index is -0.881. The molecule has 28 heavy (non-hydrogen) atoms. The van der Waals surface area contributed by atoms with Crippen LogP contribution >= 0.6 is 0 Å². The van der Waals surface area contributed by atoms with Gasteiger partial charge in [-0.15, -0.1) is 0 Å². The van der Waals surface area contributed by atoms with Crippen molar-refractivity contribution in [1.82, 2.24) is 9.97 Å². The van der Waals surface area contributed by atoms with E-state index in [1.807, 2.05) is 36.9 Å². The van der Waals surface area contributed by atoms with Crippen molar-refractivity contribution in [2.75, 3.05) is 28.6 Å². The molecular formula is C20H23N5O3. The number of hydrogen-bond donors (Lipinski definition) is 3. The Kier molecular flexibility index (Phi) is 4.62. The number of aryl methyl sites for hydroxylation is 2. The first-order valence-corrected chi connectivity index (χ1v) is 9.49. The fraction of sp³-hybridized carbons (Fsp3) is 0.400. The normalized spacial score (nSPS) is 18.6. The van der Waals surface area contributed by atoms with Gasteiger partial charge >= 0.3 is 0 Å². The molecule has 2 amide bonds. The number of hydrogen-bond acceptors (Lipinski definition) is 5. The van der Waals surface area contributed by atoms with Crippen LogP contribution in [-0.2, 0) is 9.59 Å². The Bertz CT molecular complexity index is 1010. The highest BCUT2D eigenvalue weighted by Gasteiger charge is 2.35. The van der Waals surface area contributed by atoms with E-state index in [0.717, 1.165) is 37.1 Å². The summed E-state index contributed by atoms with van der Waals surface area (Å²) in [7, 11) is 0. The van der Waals surface area contributed by atoms with Crippen molar-refractivity contribution in [3.8, 4) is 0 Å². The molecule has 1 fully saturated rings. The monoisotopic (exact) mass is 381 g/mol. The molecule has 0 radical (unpaired) electrons. The van der Waals surface area contributed by atoms with E-state index in [0.29, 0.717) is 11.6 Å². The summed E-state index contributed by atoms with van der Waals surface area (Å²) in [4.78, 5) is 47.1. The van der Waals surface area contributed by atoms with E-state index in [4.69, 9.17) is 0 Å². The van der Waals surface area contributed by atoms with Gasteiger partial charge in [0.2, 0.25) is 17.8 Å². The number of aromatic nitrogens is 2. The standard InChI is InChI=1S/C20H23N5O3/c1-11-5-6-14(12(2)9-11)21-18(27)13-10-15(26)22-17-16(13)19(28)24-20(23-17)25-7-3-4-8-25/h5-6,9,13H,3-4,7-8,10H2,1-2H3,(H,21,27)(H2,22,23,24,26,28)/t13-/m0/s1. The number of fused-ring (bicyclic) bond motifs is 1. The third-order valence-electron chi connectivity index (χ3n) is 5.30. The van der Waals surface area contributed by atoms with E-state index in [2.05, 4.69) is 20.6 Å². The summed E-state index contributed by atoms with van der Waals surface area (Å²) in [6.45, 7) is 5.50. The van der Waals surface area contributed by atoms with Crippen LogP contribution in [0.15, 0.2) is 23.0 Å². The summed E-state index contributed by atoms with van der Waals surface area (Å²) >= 11 is 0. The summed E-state index contributed by atoms with van der Waals surface area (Å²) in [6, 6.07) is 5.69. The lowest BCUT2D eigenvalue weighted by molar-refractivity contribution is -0.123. The third-order valence-corrected chi connectivity index (χ3v) is 5.30. The van der Waals surface area contributed by atoms with Crippen LogP contribution in [0.25, 0.3) is 0 Å². The molecule has 4 rings (SSSR count). The highest BCUT2D eigenvalue weighted by atomic mass is 16.2. The Morgan fingerprint density at radius 3 is 2.68 bits per heavy atom. The number of H-pyrrole nitrogens is 1. The van der Waals surface area contributed by atoms with Gasteiger partial charge in [-0.3, -0.25) is 19.4 Å². The molecule has 2 aliphatic rings. The van der Waals surface area contributed by atoms with Crippen molar-refractivity contribution in [1.29, 1.82) is 0 Å². The van der Waals surface area contributed by atoms with Gasteiger partial charge in [-0.25, -0.2) is 0 Å². The largest absolute Gasteiger partial charge is 0.342 e. The minimum Gasteiger partial charge on any atom is -0.342 e. The Labute approximate surface area is 162 Å². The van der Waals surface area contributed by atoms with Gasteiger partial charge < -0.3 is 15.5 Å². The molecule has 8 heteroatoms. The molecule has 0 unspecified atom stereocenters. The van der Waals surface area contributed by atoms with Crippen LogP contribution in [0.4, 0.5) is 17.5 Å². The van der Waals surface area contributed by atoms with E-state index >= 15 is 0 Å². The molecule has 146 valence electrons. The second-order valence-corrected chi connectivity index (χ2v) is 7.46. The Morgan fingerprint density at radius 2 is 1.96 bits per heavy atom. The summed E-state index contributed by atoms with van der Waals surface area (Å²) in [5, 5.41) is 5.51. The lowest BCUT2D eigenvalue weighted by Crippen LogP contribution is -2.37. The third kappa shape index (κ3) is 3.37. The van der Waals surface area contributed by atoms with E-state index in [-0.39, 0.29) is 35.2 Å². The molecule has 0 saturated carbocycles. The van der Waals surface area contributed by atoms with Crippen LogP contribution in [0.2, 0.25) is 0 Å². The maximum Gasteiger partial charge on any atom is 0.258 e. The fourth-order valence-corrected chi connectivity index (χ4v) is 3.84. The summed E-state index contributed by atoms with van der Waals surface area (Å²) in [5.74, 6) is -0.962. The predicted molar refractivity (Wildman–Crippen MR) is 107 cm³/mol. The van der Waals surface area contributed by atoms with Gasteiger partial charge in [0.05, 0.1) is 11.5 Å². The molecule has 1 aromatic heterocycles. The summed E-state index contributed by atoms with van der Waals surface area (Å²) in [6.07, 6.45) is 1.99. The van der Waals surface area contributed by atoms with Crippen molar-refractivity contribution >= 4 is 29.3 Å². The number of carbonyl (C=O) groups excluding carboxylic acids is 2. The number of anilines is 3. The molecule has 0 spiro atoms. The second kappa shape index (κ2) is 7.10. The van der Waals surface area contributed by atoms with Crippen molar-refractivity contribution in [3.63, 3.8) is 0 Å². The van der Waals surface area contributed by atoms with Gasteiger partial charge in [0.1, 0.15) is 5.82 Å². The van der Waals surface area contributed by atoms with Crippen molar-refractivity contribution in [3.05, 3.63) is 45.2 Å². The van der Waals surface area contributed by atoms with Crippen molar-refractivity contribution in [2.24, 2.45) is 0 Å². The zero-order valence-electron chi connectivity index (χ0n) is 16.0. The first-order chi connectivity index (χ1) is 13.4. The molecule has 2 aromatic rings. The van der Waals surface area contributed by atoms with Gasteiger partial charge in [-0.1, -0.05) is 17.7 Å². The SMILES string of the molecule is Cc1ccc(NC(=O)[C@H]2CC(=O)Nc3nc(N4CCCC4)[nH]c(=O)c32)c(C)c1. The van der Waals surface area contributed by atoms with E-state index < -0.39 is 5.92 Å². The Hall–Kier alpha value is -3.16. The first-order valence-electron chi connectivity index (χ1n) is 9.49. The van der Waals surface area contributed by atoms with Gasteiger partial charge in [0.25, 0.3) is 5.56 Å². The van der Waals surface area contributed by atoms with Crippen LogP contribution in [-0.4, -0.2) is 34.9 Å². The van der Waals surface area contributed by atoms with Crippen LogP contribution in [0, 0.1) is 13.8 Å². The van der Waals surface area contributed by atoms with Crippen LogP contribution in [0.1, 0.15) is 41.9 Å². The van der Waals surface area contributed by atoms with Crippen LogP contribution in [0.5, 0.6) is 0 Å². The van der Waals surface area contributed by atoms with Gasteiger partial charge in [0, 0.05) is 25.2 Å². The Morgan fingerprint density at radius 1 is 1.21 bits per heavy atom. The van der Waals surface area contributed by atoms with Gasteiger partial charge in [0.15, 0.2) is 0 Å². The molecule has 1 saturated heterocycles. The number of rotatable bonds is 3. The number of benzene rings is 1. The maximum atomic E-state index is 12.9. The maximum absolute atomic E-state index is 12.9. The molecule has 8 nitrogen and oxygen atoms in total. The lowest BCUT2D eigenvalue weighted by atomic mass is 9.92. The van der Waals surface area contributed by atoms with Crippen LogP contribution < -0.4 is 21.1 Å². The highest BCUT2D eigenvalue weighted by Crippen LogP contribution is 2.31. The van der Waals surface area contributed by atoms with E-state index in [1.54, 1.807) is 0 Å². The van der Waals surface area contributed by atoms with Crippen molar-refractivity contribution in [2.45, 2.75) is 39.0 Å². The van der Waals surface area contributed by atoms with E-state index in [9.17, 15) is 14.4 Å². The molecule has 1 atom stereocenters. The number of aromatic amines is 1. The first kappa shape index (κ1) is 18.2. The summed E-state index contributed by atoms with van der Waals surface area (Å²) < 4.78 is 0. The second-order valence-electron chi connectivity index (χ2n) is 7.46. The zero-order chi connectivity index (χ0) is 19.8. The molecule has 0 bridgehead atoms. The lowest BCUT2D eigenvalue weighted by Gasteiger charge is -2.25. The highest BCUT2D eigenvalue weighted by molar-refractivity contribution is 6.04. The molecule has 0 aliphatic carbocycles. The quantitative estimate of drug-likeness (QED) is 0.754. The fourth-order valence-electron chi connectivity index (χ4n) is 3.84. The minimum absolute atomic E-state index is 0.0858. The molecular weight excluding hydrogens is 358 g/mol. The van der Waals surface area contributed by atoms with Crippen LogP contribution in [0.3, 0.4) is 0 Å².